The summed E-state index contributed by atoms with van der Waals surface area (Å²) in [6, 6.07) is 9.39. The summed E-state index contributed by atoms with van der Waals surface area (Å²) < 4.78 is 0. The van der Waals surface area contributed by atoms with Crippen molar-refractivity contribution in [3.05, 3.63) is 35.4 Å². The summed E-state index contributed by atoms with van der Waals surface area (Å²) in [7, 11) is 3.90. The van der Waals surface area contributed by atoms with Gasteiger partial charge < -0.3 is 10.6 Å². The number of hydrogen-bond donors (Lipinski definition) is 2. The van der Waals surface area contributed by atoms with Crippen molar-refractivity contribution in [2.75, 3.05) is 14.1 Å². The highest BCUT2D eigenvalue weighted by molar-refractivity contribution is 5.22. The van der Waals surface area contributed by atoms with E-state index in [1.54, 1.807) is 0 Å². The van der Waals surface area contributed by atoms with Gasteiger partial charge in [-0.2, -0.15) is 0 Å². The molecule has 0 aromatic heterocycles. The Labute approximate surface area is 74.0 Å². The van der Waals surface area contributed by atoms with Crippen molar-refractivity contribution in [3.8, 4) is 0 Å². The third-order valence-electron chi connectivity index (χ3n) is 1.67. The molecule has 0 bridgehead atoms. The van der Waals surface area contributed by atoms with Gasteiger partial charge in [0.1, 0.15) is 0 Å². The molecule has 1 aromatic rings. The molecule has 0 saturated carbocycles. The molecule has 0 aliphatic rings. The number of hydrogen-bond acceptors (Lipinski definition) is 2. The zero-order valence-corrected chi connectivity index (χ0v) is 7.65. The molecule has 1 radical (unpaired) electrons. The van der Waals surface area contributed by atoms with Gasteiger partial charge in [-0.1, -0.05) is 18.2 Å². The second-order valence-electron chi connectivity index (χ2n) is 2.78. The van der Waals surface area contributed by atoms with E-state index < -0.39 is 0 Å². The topological polar surface area (TPSA) is 24.1 Å². The van der Waals surface area contributed by atoms with E-state index in [1.807, 2.05) is 20.2 Å². The van der Waals surface area contributed by atoms with Gasteiger partial charge in [0.05, 0.1) is 0 Å². The van der Waals surface area contributed by atoms with Crippen LogP contribution in [0.5, 0.6) is 0 Å². The summed E-state index contributed by atoms with van der Waals surface area (Å²) >= 11 is 0. The van der Waals surface area contributed by atoms with Crippen LogP contribution in [0.25, 0.3) is 0 Å². The lowest BCUT2D eigenvalue weighted by atomic mass is 10.1. The van der Waals surface area contributed by atoms with Gasteiger partial charge in [-0.3, -0.25) is 0 Å². The average Bonchev–Trinajstić information content (AvgIpc) is 2.06. The molecular formula is C10H15N2. The molecule has 1 aromatic carbocycles. The molecular weight excluding hydrogens is 148 g/mol. The molecule has 0 atom stereocenters. The number of rotatable bonds is 4. The quantitative estimate of drug-likeness (QED) is 0.690. The van der Waals surface area contributed by atoms with Crippen molar-refractivity contribution in [3.63, 3.8) is 0 Å². The summed E-state index contributed by atoms with van der Waals surface area (Å²) in [6.45, 7) is 1.81. The van der Waals surface area contributed by atoms with Crippen LogP contribution in [-0.4, -0.2) is 14.1 Å². The fraction of sp³-hybridized carbons (Fsp3) is 0.400. The van der Waals surface area contributed by atoms with Crippen LogP contribution >= 0.6 is 0 Å². The normalized spacial score (nSPS) is 10.2. The molecule has 1 rings (SSSR count). The van der Waals surface area contributed by atoms with E-state index in [0.29, 0.717) is 0 Å². The molecule has 2 heteroatoms. The maximum Gasteiger partial charge on any atom is 0.0208 e. The lowest BCUT2D eigenvalue weighted by Gasteiger charge is -2.03. The van der Waals surface area contributed by atoms with Crippen LogP contribution in [0.4, 0.5) is 0 Å². The average molecular weight is 163 g/mol. The second kappa shape index (κ2) is 4.91. The fourth-order valence-electron chi connectivity index (χ4n) is 1.18. The van der Waals surface area contributed by atoms with Gasteiger partial charge in [-0.25, -0.2) is 0 Å². The molecule has 65 valence electrons. The van der Waals surface area contributed by atoms with E-state index in [4.69, 9.17) is 0 Å². The van der Waals surface area contributed by atoms with Crippen LogP contribution in [0.1, 0.15) is 11.1 Å². The van der Waals surface area contributed by atoms with Crippen molar-refractivity contribution in [1.82, 2.24) is 10.6 Å². The van der Waals surface area contributed by atoms with Crippen LogP contribution in [0.15, 0.2) is 18.2 Å². The van der Waals surface area contributed by atoms with Gasteiger partial charge in [0, 0.05) is 13.1 Å². The minimum absolute atomic E-state index is 0.886. The van der Waals surface area contributed by atoms with Crippen LogP contribution in [0.2, 0.25) is 0 Å². The van der Waals surface area contributed by atoms with Crippen molar-refractivity contribution in [2.45, 2.75) is 13.1 Å². The minimum atomic E-state index is 0.886. The summed E-state index contributed by atoms with van der Waals surface area (Å²) in [5.74, 6) is 0. The van der Waals surface area contributed by atoms with Gasteiger partial charge in [0.2, 0.25) is 0 Å². The first-order valence-electron chi connectivity index (χ1n) is 4.15. The van der Waals surface area contributed by atoms with E-state index in [-0.39, 0.29) is 0 Å². The largest absolute Gasteiger partial charge is 0.316 e. The van der Waals surface area contributed by atoms with Gasteiger partial charge in [-0.15, -0.1) is 0 Å². The molecule has 0 aliphatic carbocycles. The van der Waals surface area contributed by atoms with E-state index in [2.05, 4.69) is 28.8 Å². The summed E-state index contributed by atoms with van der Waals surface area (Å²) in [5.41, 5.74) is 2.52. The van der Waals surface area contributed by atoms with Crippen LogP contribution in [-0.2, 0) is 13.1 Å². The Bertz CT molecular complexity index is 212. The Kier molecular flexibility index (Phi) is 3.77. The molecule has 2 N–H and O–H groups in total. The van der Waals surface area contributed by atoms with Gasteiger partial charge in [-0.05, 0) is 31.3 Å². The lowest BCUT2D eigenvalue weighted by molar-refractivity contribution is 0.796. The number of nitrogens with one attached hydrogen (secondary N) is 2. The third-order valence-corrected chi connectivity index (χ3v) is 1.67. The molecule has 0 fully saturated rings. The first-order valence-corrected chi connectivity index (χ1v) is 4.15. The summed E-state index contributed by atoms with van der Waals surface area (Å²) in [6.07, 6.45) is 0. The lowest BCUT2D eigenvalue weighted by Crippen LogP contribution is -2.08. The van der Waals surface area contributed by atoms with Gasteiger partial charge in [0.25, 0.3) is 0 Å². The van der Waals surface area contributed by atoms with E-state index in [1.165, 1.54) is 11.1 Å². The maximum atomic E-state index is 3.18. The SMILES string of the molecule is CNCc1[c]ccc(CNC)c1. The van der Waals surface area contributed by atoms with Crippen molar-refractivity contribution < 1.29 is 0 Å². The van der Waals surface area contributed by atoms with E-state index in [0.717, 1.165) is 13.1 Å². The van der Waals surface area contributed by atoms with Gasteiger partial charge >= 0.3 is 0 Å². The van der Waals surface area contributed by atoms with Crippen molar-refractivity contribution >= 4 is 0 Å². The molecule has 0 amide bonds. The second-order valence-corrected chi connectivity index (χ2v) is 2.78. The maximum absolute atomic E-state index is 3.18. The Balaban J connectivity index is 2.67. The molecule has 0 aliphatic heterocycles. The van der Waals surface area contributed by atoms with E-state index >= 15 is 0 Å². The smallest absolute Gasteiger partial charge is 0.0208 e. The van der Waals surface area contributed by atoms with Crippen LogP contribution in [0.3, 0.4) is 0 Å². The predicted octanol–water partition coefficient (Wildman–Crippen LogP) is 0.926. The minimum Gasteiger partial charge on any atom is -0.316 e. The summed E-state index contributed by atoms with van der Waals surface area (Å²) in [4.78, 5) is 0. The standard InChI is InChI=1S/C10H15N2/c1-11-7-9-4-3-5-10(6-9)8-12-2/h3-4,6,11-12H,7-8H2,1-2H3. The zero-order valence-electron chi connectivity index (χ0n) is 7.65. The molecule has 0 unspecified atom stereocenters. The molecule has 2 nitrogen and oxygen atoms in total. The number of benzene rings is 1. The first kappa shape index (κ1) is 9.23. The first-order chi connectivity index (χ1) is 5.86. The molecule has 0 saturated heterocycles. The predicted molar refractivity (Wildman–Crippen MR) is 50.8 cm³/mol. The molecule has 0 spiro atoms. The van der Waals surface area contributed by atoms with E-state index in [9.17, 15) is 0 Å². The monoisotopic (exact) mass is 163 g/mol. The molecule has 12 heavy (non-hydrogen) atoms. The van der Waals surface area contributed by atoms with Crippen molar-refractivity contribution in [1.29, 1.82) is 0 Å². The Morgan fingerprint density at radius 3 is 2.67 bits per heavy atom. The Hall–Kier alpha value is -0.860. The Morgan fingerprint density at radius 1 is 1.25 bits per heavy atom. The highest BCUT2D eigenvalue weighted by Gasteiger charge is 1.93. The van der Waals surface area contributed by atoms with Crippen LogP contribution < -0.4 is 10.6 Å². The highest BCUT2D eigenvalue weighted by Crippen LogP contribution is 2.03. The summed E-state index contributed by atoms with van der Waals surface area (Å²) in [5, 5.41) is 6.22. The molecule has 0 heterocycles. The fourth-order valence-corrected chi connectivity index (χ4v) is 1.18. The van der Waals surface area contributed by atoms with Gasteiger partial charge in [0.15, 0.2) is 0 Å². The van der Waals surface area contributed by atoms with Crippen LogP contribution in [0, 0.1) is 6.07 Å². The Morgan fingerprint density at radius 2 is 2.00 bits per heavy atom. The third kappa shape index (κ3) is 2.64. The zero-order chi connectivity index (χ0) is 8.81. The highest BCUT2D eigenvalue weighted by atomic mass is 14.8. The van der Waals surface area contributed by atoms with Crippen molar-refractivity contribution in [2.24, 2.45) is 0 Å².